The highest BCUT2D eigenvalue weighted by molar-refractivity contribution is 5.79. The first kappa shape index (κ1) is 20.8. The van der Waals surface area contributed by atoms with E-state index < -0.39 is 5.97 Å². The number of carbonyl (C=O) groups is 2. The summed E-state index contributed by atoms with van der Waals surface area (Å²) >= 11 is 0. The lowest BCUT2D eigenvalue weighted by Crippen LogP contribution is -2.48. The molecule has 6 heteroatoms. The first-order valence-corrected chi connectivity index (χ1v) is 10.6. The van der Waals surface area contributed by atoms with Crippen molar-refractivity contribution in [1.82, 2.24) is 14.8 Å². The molecular weight excluding hydrogens is 354 g/mol. The monoisotopic (exact) mass is 387 g/mol. The van der Waals surface area contributed by atoms with E-state index in [4.69, 9.17) is 0 Å². The number of pyridine rings is 1. The molecule has 1 saturated carbocycles. The van der Waals surface area contributed by atoms with Crippen LogP contribution in [0.2, 0.25) is 0 Å². The molecule has 1 N–H and O–H groups in total. The Morgan fingerprint density at radius 2 is 2.04 bits per heavy atom. The third-order valence-corrected chi connectivity index (χ3v) is 6.45. The second kappa shape index (κ2) is 10.0. The number of likely N-dealkylation sites (N-methyl/N-ethyl adjacent to an activating group) is 1. The predicted molar refractivity (Wildman–Crippen MR) is 108 cm³/mol. The highest BCUT2D eigenvalue weighted by Crippen LogP contribution is 2.33. The molecule has 2 aliphatic rings. The second-order valence-electron chi connectivity index (χ2n) is 8.48. The minimum Gasteiger partial charge on any atom is -0.481 e. The van der Waals surface area contributed by atoms with Crippen molar-refractivity contribution in [1.29, 1.82) is 0 Å². The lowest BCUT2D eigenvalue weighted by atomic mass is 9.79. The van der Waals surface area contributed by atoms with Crippen LogP contribution in [0.15, 0.2) is 24.4 Å². The van der Waals surface area contributed by atoms with E-state index in [1.165, 1.54) is 0 Å². The summed E-state index contributed by atoms with van der Waals surface area (Å²) in [5, 5.41) is 9.28. The maximum atomic E-state index is 12.6. The topological polar surface area (TPSA) is 73.7 Å². The maximum Gasteiger partial charge on any atom is 0.303 e. The number of hydrogen-bond donors (Lipinski definition) is 1. The van der Waals surface area contributed by atoms with Crippen molar-refractivity contribution >= 4 is 11.9 Å². The van der Waals surface area contributed by atoms with Crippen LogP contribution in [0.5, 0.6) is 0 Å². The molecule has 1 aliphatic heterocycles. The molecule has 1 saturated heterocycles. The average Bonchev–Trinajstić information content (AvgIpc) is 2.64. The van der Waals surface area contributed by atoms with Crippen LogP contribution in [0.4, 0.5) is 0 Å². The molecule has 0 spiro atoms. The number of aromatic nitrogens is 1. The lowest BCUT2D eigenvalue weighted by Gasteiger charge is -2.41. The van der Waals surface area contributed by atoms with E-state index in [9.17, 15) is 14.7 Å². The largest absolute Gasteiger partial charge is 0.481 e. The first-order valence-electron chi connectivity index (χ1n) is 10.6. The molecule has 6 nitrogen and oxygen atoms in total. The molecule has 1 amide bonds. The number of carboxylic acids is 1. The highest BCUT2D eigenvalue weighted by atomic mass is 16.4. The predicted octanol–water partition coefficient (Wildman–Crippen LogP) is 2.69. The van der Waals surface area contributed by atoms with Crippen molar-refractivity contribution in [2.75, 3.05) is 33.2 Å². The normalized spacial score (nSPS) is 22.9. The zero-order valence-corrected chi connectivity index (χ0v) is 16.9. The lowest BCUT2D eigenvalue weighted by molar-refractivity contribution is -0.142. The van der Waals surface area contributed by atoms with Crippen molar-refractivity contribution in [2.24, 2.45) is 17.8 Å². The first-order chi connectivity index (χ1) is 13.5. The number of aliphatic carboxylic acids is 1. The second-order valence-corrected chi connectivity index (χ2v) is 8.48. The van der Waals surface area contributed by atoms with Gasteiger partial charge in [0.2, 0.25) is 5.91 Å². The number of carboxylic acid groups (broad SMARTS) is 1. The summed E-state index contributed by atoms with van der Waals surface area (Å²) in [6.45, 7) is 3.29. The third-order valence-electron chi connectivity index (χ3n) is 6.45. The van der Waals surface area contributed by atoms with E-state index in [0.29, 0.717) is 5.91 Å². The van der Waals surface area contributed by atoms with Gasteiger partial charge in [-0.2, -0.15) is 0 Å². The molecule has 0 bridgehead atoms. The minimum absolute atomic E-state index is 0.173. The summed E-state index contributed by atoms with van der Waals surface area (Å²) in [6.07, 6.45) is 7.90. The molecule has 1 aromatic rings. The molecule has 28 heavy (non-hydrogen) atoms. The fourth-order valence-electron chi connectivity index (χ4n) is 4.36. The van der Waals surface area contributed by atoms with Gasteiger partial charge in [-0.3, -0.25) is 14.6 Å². The number of nitrogens with zero attached hydrogens (tertiary/aromatic N) is 3. The van der Waals surface area contributed by atoms with E-state index >= 15 is 0 Å². The quantitative estimate of drug-likeness (QED) is 0.705. The van der Waals surface area contributed by atoms with E-state index in [1.54, 1.807) is 0 Å². The molecule has 2 atom stereocenters. The molecule has 154 valence electrons. The third kappa shape index (κ3) is 5.77. The summed E-state index contributed by atoms with van der Waals surface area (Å²) in [4.78, 5) is 32.6. The van der Waals surface area contributed by atoms with E-state index in [0.717, 1.165) is 70.4 Å². The summed E-state index contributed by atoms with van der Waals surface area (Å²) in [5.74, 6) is 0.238. The van der Waals surface area contributed by atoms with Crippen LogP contribution in [0.25, 0.3) is 0 Å². The number of likely N-dealkylation sites (tertiary alicyclic amines) is 1. The fourth-order valence-corrected chi connectivity index (χ4v) is 4.36. The van der Waals surface area contributed by atoms with Crippen molar-refractivity contribution in [3.63, 3.8) is 0 Å². The Kier molecular flexibility index (Phi) is 7.43. The van der Waals surface area contributed by atoms with E-state index in [2.05, 4.69) is 16.9 Å². The molecule has 2 heterocycles. The Balaban J connectivity index is 1.50. The fraction of sp³-hybridized carbons (Fsp3) is 0.682. The summed E-state index contributed by atoms with van der Waals surface area (Å²) in [5.41, 5.74) is 1.09. The minimum atomic E-state index is -0.725. The van der Waals surface area contributed by atoms with Gasteiger partial charge >= 0.3 is 5.97 Å². The maximum absolute atomic E-state index is 12.6. The highest BCUT2D eigenvalue weighted by Gasteiger charge is 2.36. The van der Waals surface area contributed by atoms with Gasteiger partial charge in [-0.1, -0.05) is 12.5 Å². The van der Waals surface area contributed by atoms with Crippen LogP contribution >= 0.6 is 0 Å². The Labute approximate surface area is 167 Å². The summed E-state index contributed by atoms with van der Waals surface area (Å²) in [6, 6.07) is 5.98. The molecule has 1 aliphatic carbocycles. The molecular formula is C22H33N3O3. The molecule has 0 radical (unpaired) electrons. The van der Waals surface area contributed by atoms with Gasteiger partial charge < -0.3 is 14.9 Å². The van der Waals surface area contributed by atoms with E-state index in [-0.39, 0.29) is 24.2 Å². The van der Waals surface area contributed by atoms with Crippen LogP contribution in [0.1, 0.15) is 44.2 Å². The van der Waals surface area contributed by atoms with Gasteiger partial charge in [-0.05, 0) is 63.2 Å². The van der Waals surface area contributed by atoms with Crippen LogP contribution < -0.4 is 0 Å². The van der Waals surface area contributed by atoms with Gasteiger partial charge in [0, 0.05) is 50.3 Å². The Hall–Kier alpha value is -1.95. The summed E-state index contributed by atoms with van der Waals surface area (Å²) in [7, 11) is 2.11. The van der Waals surface area contributed by atoms with Crippen LogP contribution in [0, 0.1) is 17.8 Å². The smallest absolute Gasteiger partial charge is 0.303 e. The number of piperidine rings is 1. The average molecular weight is 388 g/mol. The Morgan fingerprint density at radius 1 is 1.21 bits per heavy atom. The van der Waals surface area contributed by atoms with Gasteiger partial charge in [0.15, 0.2) is 0 Å². The molecule has 0 unspecified atom stereocenters. The Morgan fingerprint density at radius 3 is 2.68 bits per heavy atom. The SMILES string of the molecule is CN(CCc1ccccn1)CC[C@@H]1CN(C(=O)C2CCC2)CC[C@H]1CC(=O)O. The zero-order valence-electron chi connectivity index (χ0n) is 16.9. The molecule has 2 fully saturated rings. The number of rotatable bonds is 9. The van der Waals surface area contributed by atoms with Crippen molar-refractivity contribution in [2.45, 2.75) is 44.9 Å². The van der Waals surface area contributed by atoms with Gasteiger partial charge in [-0.15, -0.1) is 0 Å². The van der Waals surface area contributed by atoms with E-state index in [1.807, 2.05) is 29.3 Å². The van der Waals surface area contributed by atoms with Gasteiger partial charge in [0.05, 0.1) is 0 Å². The van der Waals surface area contributed by atoms with Gasteiger partial charge in [-0.25, -0.2) is 0 Å². The number of hydrogen-bond acceptors (Lipinski definition) is 4. The van der Waals surface area contributed by atoms with Crippen LogP contribution in [-0.4, -0.2) is 65.0 Å². The van der Waals surface area contributed by atoms with Crippen molar-refractivity contribution in [3.8, 4) is 0 Å². The number of amides is 1. The standard InChI is InChI=1S/C22H33N3O3/c1-24(13-10-20-7-2-3-11-23-20)12-8-19-16-25(22(28)17-5-4-6-17)14-9-18(19)15-21(26)27/h2-3,7,11,17-19H,4-6,8-10,12-16H2,1H3,(H,26,27)/t18-,19+/m0/s1. The van der Waals surface area contributed by atoms with Crippen LogP contribution in [-0.2, 0) is 16.0 Å². The number of carbonyl (C=O) groups excluding carboxylic acids is 1. The molecule has 3 rings (SSSR count). The Bertz CT molecular complexity index is 648. The molecule has 1 aromatic heterocycles. The summed E-state index contributed by atoms with van der Waals surface area (Å²) < 4.78 is 0. The van der Waals surface area contributed by atoms with Crippen molar-refractivity contribution in [3.05, 3.63) is 30.1 Å². The van der Waals surface area contributed by atoms with Crippen LogP contribution in [0.3, 0.4) is 0 Å². The van der Waals surface area contributed by atoms with Crippen molar-refractivity contribution < 1.29 is 14.7 Å². The zero-order chi connectivity index (χ0) is 19.9. The molecule has 0 aromatic carbocycles. The van der Waals surface area contributed by atoms with Gasteiger partial charge in [0.1, 0.15) is 0 Å². The van der Waals surface area contributed by atoms with Gasteiger partial charge in [0.25, 0.3) is 0 Å².